The van der Waals surface area contributed by atoms with E-state index in [2.05, 4.69) is 4.31 Å². The Balaban J connectivity index is -0.00000000889. The van der Waals surface area contributed by atoms with Gasteiger partial charge in [-0.3, -0.25) is 0 Å². The molecule has 0 aliphatic heterocycles. The SMILES string of the molecule is O=P(O)(O)OP(=O)(O)O.[Ca+2].[H-].[H-].[H-].[H-].[H-].[H-].[Mg+2].[Sr+2]. The van der Waals surface area contributed by atoms with Crippen LogP contribution in [0.2, 0.25) is 0 Å². The van der Waals surface area contributed by atoms with Crippen LogP contribution in [0.15, 0.2) is 0 Å². The van der Waals surface area contributed by atoms with Gasteiger partial charge in [-0.05, 0) is 0 Å². The van der Waals surface area contributed by atoms with Crippen LogP contribution in [0.1, 0.15) is 8.56 Å². The summed E-state index contributed by atoms with van der Waals surface area (Å²) >= 11 is 0. The van der Waals surface area contributed by atoms with Crippen molar-refractivity contribution in [2.24, 2.45) is 0 Å². The van der Waals surface area contributed by atoms with Gasteiger partial charge in [0.15, 0.2) is 0 Å². The number of hydrogen-bond donors (Lipinski definition) is 4. The van der Waals surface area contributed by atoms with Crippen molar-refractivity contribution in [2.45, 2.75) is 0 Å². The minimum absolute atomic E-state index is 0. The zero-order chi connectivity index (χ0) is 7.71. The zero-order valence-electron chi connectivity index (χ0n) is 12.0. The van der Waals surface area contributed by atoms with E-state index >= 15 is 0 Å². The van der Waals surface area contributed by atoms with Gasteiger partial charge in [-0.2, -0.15) is 4.31 Å². The molecule has 0 saturated carbocycles. The predicted octanol–water partition coefficient (Wildman–Crippen LogP) is -1.28. The Bertz CT molecular complexity index is 178. The summed E-state index contributed by atoms with van der Waals surface area (Å²) in [7, 11) is -10.1. The Morgan fingerprint density at radius 3 is 1.17 bits per heavy atom. The average Bonchev–Trinajstić information content (AvgIpc) is 1.14. The fraction of sp³-hybridized carbons (Fsp3) is 0. The standard InChI is InChI=1S/Ca.Mg.H4O7P2.Sr.6H/c;;1-8(2,3)7-9(4,5)6;;;;;;;/h;;(H2,1,2,3)(H2,4,5,6);;;;;;;/q2*+2;;+2;6*-1. The van der Waals surface area contributed by atoms with E-state index in [1.54, 1.807) is 0 Å². The van der Waals surface area contributed by atoms with Gasteiger partial charge < -0.3 is 28.1 Å². The quantitative estimate of drug-likeness (QED) is 0.366. The Morgan fingerprint density at radius 2 is 1.17 bits per heavy atom. The fourth-order valence-electron chi connectivity index (χ4n) is 0.139. The molecule has 12 heavy (non-hydrogen) atoms. The molecule has 0 rings (SSSR count). The van der Waals surface area contributed by atoms with Crippen molar-refractivity contribution < 1.29 is 41.6 Å². The first-order valence-electron chi connectivity index (χ1n) is 1.53. The maximum absolute atomic E-state index is 9.63. The van der Waals surface area contributed by atoms with Crippen LogP contribution in [0.25, 0.3) is 0 Å². The molecule has 0 atom stereocenters. The van der Waals surface area contributed by atoms with Crippen LogP contribution in [0.3, 0.4) is 0 Å². The molecule has 0 fully saturated rings. The van der Waals surface area contributed by atoms with Gasteiger partial charge in [0.05, 0.1) is 0 Å². The number of hydrogen-bond acceptors (Lipinski definition) is 3. The van der Waals surface area contributed by atoms with Crippen LogP contribution >= 0.6 is 15.6 Å². The van der Waals surface area contributed by atoms with E-state index in [1.165, 1.54) is 0 Å². The Morgan fingerprint density at radius 1 is 1.00 bits per heavy atom. The van der Waals surface area contributed by atoms with E-state index in [0.29, 0.717) is 0 Å². The molecule has 7 nitrogen and oxygen atoms in total. The molecule has 68 valence electrons. The van der Waals surface area contributed by atoms with Crippen LogP contribution in [0.5, 0.6) is 0 Å². The van der Waals surface area contributed by atoms with Gasteiger partial charge in [-0.1, -0.05) is 0 Å². The molecule has 0 aromatic heterocycles. The number of phosphoric acid groups is 2. The predicted molar refractivity (Wildman–Crippen MR) is 49.1 cm³/mol. The van der Waals surface area contributed by atoms with Crippen LogP contribution in [0, 0.1) is 0 Å². The van der Waals surface area contributed by atoms with E-state index in [4.69, 9.17) is 19.6 Å². The Kier molecular flexibility index (Phi) is 20.6. The minimum Gasteiger partial charge on any atom is -1.00 e. The summed E-state index contributed by atoms with van der Waals surface area (Å²) in [5.41, 5.74) is 0. The van der Waals surface area contributed by atoms with E-state index in [0.717, 1.165) is 0 Å². The third kappa shape index (κ3) is 23.5. The summed E-state index contributed by atoms with van der Waals surface area (Å²) in [4.78, 5) is 31.0. The van der Waals surface area contributed by atoms with Gasteiger partial charge >= 0.3 is 122 Å². The average molecular weight is 336 g/mol. The third-order valence-electron chi connectivity index (χ3n) is 0.213. The Labute approximate surface area is 160 Å². The second-order valence-corrected chi connectivity index (χ2v) is 3.68. The monoisotopic (exact) mass is 336 g/mol. The number of rotatable bonds is 2. The molecule has 0 radical (unpaired) electrons. The molecule has 0 aromatic carbocycles. The van der Waals surface area contributed by atoms with Crippen molar-refractivity contribution in [1.82, 2.24) is 0 Å². The van der Waals surface area contributed by atoms with Crippen molar-refractivity contribution in [3.63, 3.8) is 0 Å². The third-order valence-corrected chi connectivity index (χ3v) is 1.91. The summed E-state index contributed by atoms with van der Waals surface area (Å²) in [5, 5.41) is 0. The minimum atomic E-state index is -5.05. The topological polar surface area (TPSA) is 124 Å². The molecule has 0 heterocycles. The molecule has 0 bridgehead atoms. The van der Waals surface area contributed by atoms with Gasteiger partial charge in [0.25, 0.3) is 0 Å². The van der Waals surface area contributed by atoms with Gasteiger partial charge in [-0.25, -0.2) is 9.13 Å². The molecule has 0 unspecified atom stereocenters. The van der Waals surface area contributed by atoms with Gasteiger partial charge in [0, 0.05) is 0 Å². The normalized spacial score (nSPS) is 10.3. The van der Waals surface area contributed by atoms with Crippen molar-refractivity contribution in [3.05, 3.63) is 0 Å². The summed E-state index contributed by atoms with van der Waals surface area (Å²) < 4.78 is 22.2. The van der Waals surface area contributed by atoms with Crippen molar-refractivity contribution in [1.29, 1.82) is 0 Å². The van der Waals surface area contributed by atoms with E-state index in [1.807, 2.05) is 0 Å². The van der Waals surface area contributed by atoms with Crippen LogP contribution in [-0.2, 0) is 13.4 Å². The molecular weight excluding hydrogens is 326 g/mol. The summed E-state index contributed by atoms with van der Waals surface area (Å²) in [6.45, 7) is 0. The molecule has 12 heteroatoms. The Hall–Kier alpha value is 3.77. The first kappa shape index (κ1) is 24.8. The van der Waals surface area contributed by atoms with Gasteiger partial charge in [0.1, 0.15) is 0 Å². The van der Waals surface area contributed by atoms with E-state index < -0.39 is 15.6 Å². The maximum atomic E-state index is 9.63. The molecule has 0 aromatic rings. The maximum Gasteiger partial charge on any atom is 2.00 e. The van der Waals surface area contributed by atoms with Crippen molar-refractivity contribution >= 4 is 122 Å². The van der Waals surface area contributed by atoms with E-state index in [-0.39, 0.29) is 115 Å². The van der Waals surface area contributed by atoms with Gasteiger partial charge in [0.2, 0.25) is 0 Å². The first-order chi connectivity index (χ1) is 3.71. The van der Waals surface area contributed by atoms with Crippen molar-refractivity contribution in [3.8, 4) is 0 Å². The van der Waals surface area contributed by atoms with Crippen LogP contribution in [0.4, 0.5) is 0 Å². The van der Waals surface area contributed by atoms with E-state index in [9.17, 15) is 9.13 Å². The fourth-order valence-corrected chi connectivity index (χ4v) is 1.25. The molecule has 0 spiro atoms. The summed E-state index contributed by atoms with van der Waals surface area (Å²) in [6, 6.07) is 0. The van der Waals surface area contributed by atoms with Gasteiger partial charge in [-0.15, -0.1) is 0 Å². The molecule has 0 aliphatic carbocycles. The molecule has 0 aliphatic rings. The second kappa shape index (κ2) is 9.95. The summed E-state index contributed by atoms with van der Waals surface area (Å²) in [5.74, 6) is 0. The first-order valence-corrected chi connectivity index (χ1v) is 4.59. The van der Waals surface area contributed by atoms with Crippen LogP contribution < -0.4 is 0 Å². The van der Waals surface area contributed by atoms with Crippen LogP contribution in [-0.4, -0.2) is 126 Å². The zero-order valence-corrected chi connectivity index (χ0v) is 14.9. The molecule has 4 N–H and O–H groups in total. The van der Waals surface area contributed by atoms with Crippen molar-refractivity contribution in [2.75, 3.05) is 0 Å². The molecule has 0 saturated heterocycles. The smallest absolute Gasteiger partial charge is 1.00 e. The largest absolute Gasteiger partial charge is 2.00 e. The second-order valence-electron chi connectivity index (χ2n) is 1.06. The molecular formula is H10CaMgO7P2Sr. The molecule has 0 amide bonds. The summed E-state index contributed by atoms with van der Waals surface area (Å²) in [6.07, 6.45) is 0.